The third-order valence-electron chi connectivity index (χ3n) is 13.7. The summed E-state index contributed by atoms with van der Waals surface area (Å²) in [7, 11) is 1.34. The number of allylic oxidation sites excluding steroid dienone is 2. The van der Waals surface area contributed by atoms with Gasteiger partial charge in [-0.3, -0.25) is 24.6 Å². The van der Waals surface area contributed by atoms with Gasteiger partial charge in [0.1, 0.15) is 12.1 Å². The van der Waals surface area contributed by atoms with Gasteiger partial charge in [0.05, 0.1) is 30.5 Å². The molecule has 4 aromatic carbocycles. The first-order chi connectivity index (χ1) is 33.3. The van der Waals surface area contributed by atoms with Crippen molar-refractivity contribution in [1.29, 1.82) is 0 Å². The molecular formula is C54H60N8O7. The zero-order chi connectivity index (χ0) is 48.6. The van der Waals surface area contributed by atoms with Gasteiger partial charge in [0.2, 0.25) is 0 Å². The summed E-state index contributed by atoms with van der Waals surface area (Å²) in [6.45, 7) is 6.97. The summed E-state index contributed by atoms with van der Waals surface area (Å²) in [5, 5.41) is 31.6. The van der Waals surface area contributed by atoms with Crippen molar-refractivity contribution in [2.45, 2.75) is 77.3 Å². The van der Waals surface area contributed by atoms with Crippen LogP contribution in [-0.2, 0) is 49.6 Å². The number of benzene rings is 4. The molecule has 0 spiro atoms. The lowest BCUT2D eigenvalue weighted by Crippen LogP contribution is -2.51. The van der Waals surface area contributed by atoms with Crippen LogP contribution in [0.5, 0.6) is 0 Å². The van der Waals surface area contributed by atoms with Gasteiger partial charge in [-0.1, -0.05) is 60.7 Å². The van der Waals surface area contributed by atoms with Crippen molar-refractivity contribution < 1.29 is 33.8 Å². The fourth-order valence-corrected chi connectivity index (χ4v) is 9.96. The Kier molecular flexibility index (Phi) is 15.2. The number of aromatic nitrogens is 4. The number of piperidine rings is 2. The molecule has 0 bridgehead atoms. The largest absolute Gasteiger partial charge is 0.480 e. The highest BCUT2D eigenvalue weighted by molar-refractivity contribution is 6.05. The summed E-state index contributed by atoms with van der Waals surface area (Å²) in [6.07, 6.45) is 12.8. The molecule has 0 saturated carbocycles. The molecule has 2 atom stereocenters. The number of nitrogens with one attached hydrogen (secondary N) is 4. The lowest BCUT2D eigenvalue weighted by molar-refractivity contribution is -0.142. The number of amides is 2. The van der Waals surface area contributed by atoms with E-state index in [1.54, 1.807) is 17.3 Å². The van der Waals surface area contributed by atoms with E-state index in [0.717, 1.165) is 92.3 Å². The van der Waals surface area contributed by atoms with Crippen molar-refractivity contribution in [2.75, 3.05) is 33.3 Å². The van der Waals surface area contributed by atoms with Gasteiger partial charge >= 0.3 is 18.0 Å². The Morgan fingerprint density at radius 2 is 1.25 bits per heavy atom. The zero-order valence-corrected chi connectivity index (χ0v) is 39.3. The van der Waals surface area contributed by atoms with Crippen LogP contribution in [0.2, 0.25) is 0 Å². The standard InChI is InChI=1S/C27H28N4O4.C15H17NO.C12H15N3O2/c1-16-10-17(11-21-15-28-30-25(16)21)12-23(26(33)34)29-27(35)31-8-6-18(7-9-31)22-13-19-4-2-3-5-20(19)14-24(22)32;17-15-10-13-4-2-1-3-12(13)9-14(15)11-5-7-16-8-6-11;1-7-3-8(5-10(13)12(16)17-2)4-9-6-14-15-11(7)9/h2-5,10-11,13,15,18,23H,6-9,12,14H2,1H3,(H,28,30)(H,29,35)(H,33,34);1-4,9,11,16H,5-8,10H2;3-4,6,10H,5,13H2,1-2H3,(H,14,15)/t23-;;10-/m1.1/s1. The molecule has 0 radical (unpaired) electrons. The number of carbonyl (C=O) groups is 5. The smallest absolute Gasteiger partial charge is 0.326 e. The highest BCUT2D eigenvalue weighted by atomic mass is 16.5. The Bertz CT molecular complexity index is 2940. The SMILES string of the molecule is COC(=O)[C@H](N)Cc1cc(C)c2[nH]ncc2c1.Cc1cc(C[C@@H](NC(=O)N2CCC(C3=Cc4ccccc4CC3=O)CC2)C(=O)O)cc2cn[nH]c12.O=C1Cc2ccccc2C=C1C1CCNCC1. The number of hydrogen-bond donors (Lipinski definition) is 6. The normalized spacial score (nSPS) is 17.0. The number of ether oxygens (including phenoxy) is 1. The average Bonchev–Trinajstić information content (AvgIpc) is 4.05. The van der Waals surface area contributed by atoms with E-state index < -0.39 is 24.0 Å². The second kappa shape index (κ2) is 21.8. The van der Waals surface area contributed by atoms with Gasteiger partial charge in [-0.15, -0.1) is 0 Å². The third-order valence-corrected chi connectivity index (χ3v) is 13.7. The van der Waals surface area contributed by atoms with E-state index in [0.29, 0.717) is 56.9 Å². The Balaban J connectivity index is 0.000000157. The number of H-pyrrole nitrogens is 2. The fourth-order valence-electron chi connectivity index (χ4n) is 9.96. The summed E-state index contributed by atoms with van der Waals surface area (Å²) in [5.74, 6) is -0.403. The number of urea groups is 1. The summed E-state index contributed by atoms with van der Waals surface area (Å²) in [6, 6.07) is 21.9. The maximum Gasteiger partial charge on any atom is 0.326 e. The first-order valence-corrected chi connectivity index (χ1v) is 23.7. The molecule has 10 rings (SSSR count). The van der Waals surface area contributed by atoms with Gasteiger partial charge in [0.15, 0.2) is 11.6 Å². The molecule has 6 aromatic rings. The van der Waals surface area contributed by atoms with E-state index in [2.05, 4.69) is 54.0 Å². The van der Waals surface area contributed by atoms with E-state index in [1.807, 2.05) is 80.6 Å². The van der Waals surface area contributed by atoms with Crippen LogP contribution >= 0.6 is 0 Å². The first-order valence-electron chi connectivity index (χ1n) is 23.7. The predicted molar refractivity (Wildman–Crippen MR) is 265 cm³/mol. The van der Waals surface area contributed by atoms with E-state index >= 15 is 0 Å². The maximum absolute atomic E-state index is 12.9. The number of esters is 1. The van der Waals surface area contributed by atoms with Gasteiger partial charge in [0, 0.05) is 43.1 Å². The molecule has 15 heteroatoms. The van der Waals surface area contributed by atoms with Gasteiger partial charge in [-0.05, 0) is 151 Å². The molecule has 2 aliphatic heterocycles. The number of aromatic amines is 2. The lowest BCUT2D eigenvalue weighted by Gasteiger charge is -2.34. The number of fused-ring (bicyclic) bond motifs is 4. The summed E-state index contributed by atoms with van der Waals surface area (Å²) >= 11 is 0. The second-order valence-corrected chi connectivity index (χ2v) is 18.5. The van der Waals surface area contributed by atoms with E-state index in [1.165, 1.54) is 18.2 Å². The zero-order valence-electron chi connectivity index (χ0n) is 39.3. The number of methoxy groups -OCH3 is 1. The molecule has 0 unspecified atom stereocenters. The van der Waals surface area contributed by atoms with Crippen molar-refractivity contribution in [1.82, 2.24) is 35.9 Å². The number of carboxylic acid groups (broad SMARTS) is 1. The fraction of sp³-hybridized carbons (Fsp3) is 0.352. The Hall–Kier alpha value is -7.23. The molecular weight excluding hydrogens is 873 g/mol. The van der Waals surface area contributed by atoms with E-state index in [4.69, 9.17) is 5.73 Å². The molecule has 2 aliphatic carbocycles. The topological polar surface area (TPSA) is 225 Å². The number of rotatable bonds is 9. The Labute approximate surface area is 401 Å². The van der Waals surface area contributed by atoms with Crippen molar-refractivity contribution >= 4 is 63.5 Å². The van der Waals surface area contributed by atoms with E-state index in [-0.39, 0.29) is 24.2 Å². The van der Waals surface area contributed by atoms with Crippen molar-refractivity contribution in [2.24, 2.45) is 17.6 Å². The molecule has 4 aliphatic rings. The number of carboxylic acids is 1. The summed E-state index contributed by atoms with van der Waals surface area (Å²) < 4.78 is 4.60. The van der Waals surface area contributed by atoms with Crippen LogP contribution in [0, 0.1) is 25.7 Å². The van der Waals surface area contributed by atoms with Gasteiger partial charge in [0.25, 0.3) is 0 Å². The minimum absolute atomic E-state index is 0.111. The number of Topliss-reactive ketones (excluding diaryl/α,β-unsaturated/α-hetero) is 2. The molecule has 2 aromatic heterocycles. The van der Waals surface area contributed by atoms with Crippen LogP contribution < -0.4 is 16.4 Å². The number of aliphatic carboxylic acids is 1. The van der Waals surface area contributed by atoms with Gasteiger partial charge < -0.3 is 31.1 Å². The highest BCUT2D eigenvalue weighted by Crippen LogP contribution is 2.33. The predicted octanol–water partition coefficient (Wildman–Crippen LogP) is 6.61. The van der Waals surface area contributed by atoms with Crippen LogP contribution in [0.3, 0.4) is 0 Å². The minimum Gasteiger partial charge on any atom is -0.480 e. The number of nitrogens with two attached hydrogens (primary N) is 1. The molecule has 7 N–H and O–H groups in total. The Morgan fingerprint density at radius 3 is 1.75 bits per heavy atom. The molecule has 4 heterocycles. The number of carbonyl (C=O) groups excluding carboxylic acids is 4. The molecule has 69 heavy (non-hydrogen) atoms. The van der Waals surface area contributed by atoms with Crippen molar-refractivity contribution in [3.8, 4) is 0 Å². The Morgan fingerprint density at radius 1 is 0.754 bits per heavy atom. The summed E-state index contributed by atoms with van der Waals surface area (Å²) in [4.78, 5) is 62.6. The van der Waals surface area contributed by atoms with Crippen LogP contribution in [-0.4, -0.2) is 105 Å². The number of aryl methyl sites for hydroxylation is 2. The average molecular weight is 933 g/mol. The molecule has 15 nitrogen and oxygen atoms in total. The molecule has 2 amide bonds. The maximum atomic E-state index is 12.9. The monoisotopic (exact) mass is 932 g/mol. The number of hydrogen-bond acceptors (Lipinski definition) is 10. The molecule has 2 fully saturated rings. The lowest BCUT2D eigenvalue weighted by atomic mass is 9.80. The number of nitrogens with zero attached hydrogens (tertiary/aromatic N) is 3. The van der Waals surface area contributed by atoms with Crippen LogP contribution in [0.1, 0.15) is 70.2 Å². The summed E-state index contributed by atoms with van der Waals surface area (Å²) in [5.41, 5.74) is 18.0. The third kappa shape index (κ3) is 11.6. The number of ketones is 2. The minimum atomic E-state index is -1.07. The molecule has 358 valence electrons. The van der Waals surface area contributed by atoms with Crippen LogP contribution in [0.4, 0.5) is 4.79 Å². The van der Waals surface area contributed by atoms with Crippen molar-refractivity contribution in [3.63, 3.8) is 0 Å². The van der Waals surface area contributed by atoms with Crippen LogP contribution in [0.25, 0.3) is 34.0 Å². The second-order valence-electron chi connectivity index (χ2n) is 18.5. The van der Waals surface area contributed by atoms with Crippen LogP contribution in [0.15, 0.2) is 96.3 Å². The first kappa shape index (κ1) is 48.2. The highest BCUT2D eigenvalue weighted by Gasteiger charge is 2.32. The quantitative estimate of drug-likeness (QED) is 0.0847. The van der Waals surface area contributed by atoms with Crippen molar-refractivity contribution in [3.05, 3.63) is 141 Å². The molecule has 2 saturated heterocycles. The van der Waals surface area contributed by atoms with E-state index in [9.17, 15) is 29.1 Å². The number of likely N-dealkylation sites (tertiary alicyclic amines) is 1. The van der Waals surface area contributed by atoms with Gasteiger partial charge in [-0.2, -0.15) is 10.2 Å². The van der Waals surface area contributed by atoms with Gasteiger partial charge in [-0.25, -0.2) is 9.59 Å².